The van der Waals surface area contributed by atoms with Gasteiger partial charge in [0.05, 0.1) is 64.0 Å². The summed E-state index contributed by atoms with van der Waals surface area (Å²) in [5.41, 5.74) is 2.21. The molecule has 6 saturated heterocycles. The minimum absolute atomic E-state index is 0.180. The number of hydrogen-bond acceptors (Lipinski definition) is 25. The molecule has 6 heterocycles. The molecule has 133 heavy (non-hydrogen) atoms. The van der Waals surface area contributed by atoms with Crippen LogP contribution in [0.15, 0.2) is 132 Å². The number of hydrogen-bond donors (Lipinski definition) is 8. The van der Waals surface area contributed by atoms with Crippen LogP contribution in [-0.2, 0) is 66.9 Å². The number of carbonyl (C=O) groups is 6. The second-order valence-corrected chi connectivity index (χ2v) is 41.4. The lowest BCUT2D eigenvalue weighted by Gasteiger charge is -2.36. The summed E-state index contributed by atoms with van der Waals surface area (Å²) >= 11 is 17.2. The van der Waals surface area contributed by atoms with Crippen molar-refractivity contribution in [3.8, 4) is 52.1 Å². The van der Waals surface area contributed by atoms with Crippen LogP contribution in [0.25, 0.3) is 6.08 Å². The maximum absolute atomic E-state index is 12.6. The van der Waals surface area contributed by atoms with Crippen LogP contribution in [0.4, 0.5) is 0 Å². The van der Waals surface area contributed by atoms with E-state index in [-0.39, 0.29) is 48.2 Å². The van der Waals surface area contributed by atoms with Crippen molar-refractivity contribution in [2.45, 2.75) is 220 Å². The first-order valence-corrected chi connectivity index (χ1v) is 50.0. The number of ether oxygens (including phenoxy) is 11. The molecule has 0 spiro atoms. The van der Waals surface area contributed by atoms with Crippen LogP contribution in [0.2, 0.25) is 0 Å². The summed E-state index contributed by atoms with van der Waals surface area (Å²) in [4.78, 5) is 73.7. The highest BCUT2D eigenvalue weighted by Gasteiger charge is 2.41. The predicted octanol–water partition coefficient (Wildman–Crippen LogP) is 19.6. The Kier molecular flexibility index (Phi) is 45.9. The third kappa shape index (κ3) is 36.2. The average Bonchev–Trinajstić information content (AvgIpc) is 0.397. The Morgan fingerprint density at radius 3 is 1.26 bits per heavy atom. The highest BCUT2D eigenvalue weighted by molar-refractivity contribution is 9.11. The molecule has 0 unspecified atom stereocenters. The van der Waals surface area contributed by atoms with Gasteiger partial charge in [-0.25, -0.2) is 19.2 Å². The molecule has 0 radical (unpaired) electrons. The number of carbonyl (C=O) groups excluding carboxylic acids is 6. The smallest absolute Gasteiger partial charge is 0.385 e. The van der Waals surface area contributed by atoms with E-state index in [1.54, 1.807) is 65.9 Å². The molecule has 6 fully saturated rings. The van der Waals surface area contributed by atoms with E-state index >= 15 is 0 Å². The van der Waals surface area contributed by atoms with E-state index in [2.05, 4.69) is 130 Å². The van der Waals surface area contributed by atoms with Gasteiger partial charge in [-0.2, -0.15) is 0 Å². The minimum atomic E-state index is -0.523. The molecule has 6 aliphatic heterocycles. The molecular weight excluding hydrogens is 2020 g/mol. The number of phenolic OH excluding ortho intramolecular Hbond substituents is 2. The van der Waals surface area contributed by atoms with Crippen LogP contribution in [0.5, 0.6) is 40.2 Å². The normalized spacial score (nSPS) is 16.3. The Morgan fingerprint density at radius 2 is 0.827 bits per heavy atom. The maximum Gasteiger partial charge on any atom is 0.385 e. The van der Waals surface area contributed by atoms with Gasteiger partial charge in [-0.15, -0.1) is 0 Å². The highest BCUT2D eigenvalue weighted by Crippen LogP contribution is 2.41. The molecule has 8 N–H and O–H groups in total. The Labute approximate surface area is 830 Å². The number of esters is 6. The lowest BCUT2D eigenvalue weighted by Crippen LogP contribution is -2.43. The van der Waals surface area contributed by atoms with Crippen molar-refractivity contribution in [3.63, 3.8) is 0 Å². The summed E-state index contributed by atoms with van der Waals surface area (Å²) in [6, 6.07) is 30.3. The first kappa shape index (κ1) is 112. The summed E-state index contributed by atoms with van der Waals surface area (Å²) in [5, 5.41) is 39.1. The fourth-order valence-electron chi connectivity index (χ4n) is 17.1. The summed E-state index contributed by atoms with van der Waals surface area (Å²) in [6.07, 6.45) is 16.4. The van der Waals surface area contributed by atoms with Crippen LogP contribution in [0, 0.1) is 47.3 Å². The number of piperidine rings is 6. The number of halogens is 5. The van der Waals surface area contributed by atoms with E-state index in [1.165, 1.54) is 18.2 Å². The van der Waals surface area contributed by atoms with E-state index in [1.807, 2.05) is 150 Å². The number of aromatic hydroxyl groups is 2. The van der Waals surface area contributed by atoms with Gasteiger partial charge in [0.1, 0.15) is 50.9 Å². The van der Waals surface area contributed by atoms with Crippen molar-refractivity contribution < 1.29 is 91.1 Å². The summed E-state index contributed by atoms with van der Waals surface area (Å²) in [7, 11) is 7.96. The topological polar surface area (TPSA) is 317 Å². The molecule has 0 atom stereocenters. The van der Waals surface area contributed by atoms with Crippen LogP contribution in [0.3, 0.4) is 0 Å². The molecular formula is C103H141Br5N6O19. The average molecular weight is 2170 g/mol. The van der Waals surface area contributed by atoms with Gasteiger partial charge in [-0.1, -0.05) is 84.9 Å². The fraction of sp³-hybridized carbons (Fsp3) is 0.553. The van der Waals surface area contributed by atoms with Gasteiger partial charge in [0.15, 0.2) is 23.0 Å². The molecule has 12 rings (SSSR count). The lowest BCUT2D eigenvalue weighted by molar-refractivity contribution is -0.163. The lowest BCUT2D eigenvalue weighted by atomic mass is 9.83. The molecule has 0 aromatic heterocycles. The van der Waals surface area contributed by atoms with Crippen molar-refractivity contribution in [2.75, 3.05) is 114 Å². The second-order valence-electron chi connectivity index (χ2n) is 37.1. The zero-order valence-corrected chi connectivity index (χ0v) is 88.7. The monoisotopic (exact) mass is 2160 g/mol. The van der Waals surface area contributed by atoms with Crippen LogP contribution in [-0.4, -0.2) is 194 Å². The molecule has 0 saturated carbocycles. The summed E-state index contributed by atoms with van der Waals surface area (Å²) < 4.78 is 64.8. The van der Waals surface area contributed by atoms with Gasteiger partial charge in [0.2, 0.25) is 0 Å². The predicted molar refractivity (Wildman–Crippen MR) is 539 cm³/mol. The number of phenols is 2. The molecule has 732 valence electrons. The number of nitrogens with one attached hydrogen (secondary N) is 6. The maximum atomic E-state index is 12.6. The second kappa shape index (κ2) is 54.4. The van der Waals surface area contributed by atoms with Crippen molar-refractivity contribution >= 4 is 122 Å². The van der Waals surface area contributed by atoms with Crippen LogP contribution in [0.1, 0.15) is 216 Å². The minimum Gasteiger partial charge on any atom is -0.504 e. The van der Waals surface area contributed by atoms with Crippen molar-refractivity contribution in [1.82, 2.24) is 31.9 Å². The van der Waals surface area contributed by atoms with Crippen molar-refractivity contribution in [1.29, 1.82) is 0 Å². The highest BCUT2D eigenvalue weighted by atomic mass is 79.9. The summed E-state index contributed by atoms with van der Waals surface area (Å²) in [5.74, 6) is 8.60. The van der Waals surface area contributed by atoms with E-state index in [0.29, 0.717) is 73.9 Å². The molecule has 30 heteroatoms. The Morgan fingerprint density at radius 1 is 0.406 bits per heavy atom. The Bertz CT molecular complexity index is 4840. The largest absolute Gasteiger partial charge is 0.504 e. The zero-order valence-electron chi connectivity index (χ0n) is 80.8. The molecule has 0 bridgehead atoms. The third-order valence-corrected chi connectivity index (χ3v) is 28.8. The number of benzene rings is 6. The van der Waals surface area contributed by atoms with Gasteiger partial charge in [0.25, 0.3) is 0 Å². The van der Waals surface area contributed by atoms with Gasteiger partial charge in [-0.3, -0.25) is 9.59 Å². The standard InChI is InChI=1S/C18H26BrNO3.C17H24BrNO4.2C17H24BrNO3.C17H20BrNO2.C17H23NO4/c1-5-14-15(19)10-12(11-16(14)22-4)17(21)23-18(2,3)13-6-8-20-9-7-13;1-17(2,11-5-7-19-8-6-11)23-16(20)12-9-14(21-3)15(22-4)10-13(12)18;1-17(2,13-6-8-19-9-7-13)22-16(20)10-12-4-5-14(21-3)11-15(12)18;1-17(2,13-6-8-19-9-7-13)22-16(20)11-12-4-5-15(21-3)14(18)10-12;1-17(2,14-9-11-19-12-10-14)21-16(20)8-5-13-3-6-15(18)7-4-13;1-17(2,13-8-10-18-11-9-13)22-15(20)7-6-12-4-3-5-14(19)16(12)21/h10-11,13,20H,5-9H2,1-4H3;9-11,19H,5-8H2,1-4H3;4-5,11,13,19H,6-10H2,1-3H3;4-5,10,13,19H,6-9,11H2,1-3H3;3-4,6-7,14,19H,9-12H2,1-2H3;3-7,13,18-19,21H,8-11H2,1-2H3/b;;;;;7-6+. The Balaban J connectivity index is 0.000000218. The van der Waals surface area contributed by atoms with Gasteiger partial charge < -0.3 is 94.2 Å². The molecule has 25 nitrogen and oxygen atoms in total. The number of methoxy groups -OCH3 is 5. The first-order valence-electron chi connectivity index (χ1n) is 46.0. The molecule has 6 aromatic rings. The molecule has 6 aliphatic rings. The first-order chi connectivity index (χ1) is 63.0. The molecule has 0 aliphatic carbocycles. The number of para-hydroxylation sites is 1. The Hall–Kier alpha value is -7.80. The SMILES string of the molecule is CC(C)(OC(=O)/C=C/c1cccc(O)c1O)C1CCNCC1.CC(C)(OC(=O)C#Cc1ccc(Br)cc1)C1CCNCC1.CCc1c(Br)cc(C(=O)OC(C)(C)C2CCNCC2)cc1OC.COc1cc(Br)c(C(=O)OC(C)(C)C2CCNCC2)cc1OC.COc1ccc(CC(=O)OC(C)(C)C2CCNCC2)c(Br)c1.COc1ccc(CC(=O)OC(C)(C)C2CCNCC2)cc1Br. The number of rotatable bonds is 26. The van der Waals surface area contributed by atoms with Gasteiger partial charge in [-0.05, 0) is 373 Å². The zero-order chi connectivity index (χ0) is 97.9. The molecule has 0 amide bonds. The van der Waals surface area contributed by atoms with Gasteiger partial charge in [0, 0.05) is 82.1 Å². The van der Waals surface area contributed by atoms with E-state index in [0.717, 1.165) is 214 Å². The van der Waals surface area contributed by atoms with Crippen molar-refractivity contribution in [2.24, 2.45) is 35.5 Å². The molecule has 6 aromatic carbocycles. The van der Waals surface area contributed by atoms with E-state index in [4.69, 9.17) is 52.1 Å². The van der Waals surface area contributed by atoms with Gasteiger partial charge >= 0.3 is 35.8 Å². The van der Waals surface area contributed by atoms with E-state index in [9.17, 15) is 39.0 Å². The quantitative estimate of drug-likeness (QED) is 0.00822. The fourth-order valence-corrected chi connectivity index (χ4v) is 19.7. The van der Waals surface area contributed by atoms with E-state index < -0.39 is 45.5 Å². The van der Waals surface area contributed by atoms with Crippen LogP contribution < -0.4 is 55.6 Å². The third-order valence-electron chi connectivity index (χ3n) is 25.5. The summed E-state index contributed by atoms with van der Waals surface area (Å²) in [6.45, 7) is 37.6. The van der Waals surface area contributed by atoms with Crippen molar-refractivity contribution in [3.05, 3.63) is 171 Å². The van der Waals surface area contributed by atoms with Crippen LogP contribution >= 0.6 is 79.6 Å².